The summed E-state index contributed by atoms with van der Waals surface area (Å²) in [6, 6.07) is 0. The molecule has 0 amide bonds. The number of allylic oxidation sites excluding steroid dienone is 5. The van der Waals surface area contributed by atoms with Crippen molar-refractivity contribution in [3.8, 4) is 0 Å². The lowest BCUT2D eigenvalue weighted by atomic mass is 10.1. The van der Waals surface area contributed by atoms with Gasteiger partial charge in [-0.1, -0.05) is 31.4 Å². The highest BCUT2D eigenvalue weighted by Gasteiger charge is 2.20. The van der Waals surface area contributed by atoms with Gasteiger partial charge in [-0.2, -0.15) is 0 Å². The van der Waals surface area contributed by atoms with Crippen LogP contribution in [-0.2, 0) is 4.74 Å². The van der Waals surface area contributed by atoms with Crippen LogP contribution in [0.25, 0.3) is 0 Å². The molecule has 0 aliphatic carbocycles. The fourth-order valence-electron chi connectivity index (χ4n) is 1.29. The molecule has 1 aliphatic heterocycles. The molecular formula is C11H14O. The van der Waals surface area contributed by atoms with E-state index in [0.29, 0.717) is 0 Å². The zero-order valence-corrected chi connectivity index (χ0v) is 7.42. The van der Waals surface area contributed by atoms with Crippen LogP contribution in [0.1, 0.15) is 13.3 Å². The zero-order chi connectivity index (χ0) is 8.97. The quantitative estimate of drug-likeness (QED) is 0.606. The van der Waals surface area contributed by atoms with Gasteiger partial charge in [-0.25, -0.2) is 0 Å². The molecule has 0 aromatic rings. The predicted molar refractivity (Wildman–Crippen MR) is 51.7 cm³/mol. The Morgan fingerprint density at radius 1 is 1.33 bits per heavy atom. The third-order valence-corrected chi connectivity index (χ3v) is 1.74. The summed E-state index contributed by atoms with van der Waals surface area (Å²) in [5, 5.41) is 0. The third kappa shape index (κ3) is 1.88. The standard InChI is InChI=1S/C11H14O/c1-4-6-10-8-9(3)12-11(10)7-5-2/h4-7,9H,1-2,8H2,3H3/b10-6-,11-7+. The zero-order valence-electron chi connectivity index (χ0n) is 7.42. The number of hydrogen-bond acceptors (Lipinski definition) is 1. The normalized spacial score (nSPS) is 28.9. The molecule has 0 aromatic heterocycles. The van der Waals surface area contributed by atoms with Crippen LogP contribution in [0.15, 0.2) is 48.8 Å². The molecule has 1 heteroatoms. The number of hydrogen-bond donors (Lipinski definition) is 0. The molecule has 1 atom stereocenters. The van der Waals surface area contributed by atoms with Crippen LogP contribution in [0.5, 0.6) is 0 Å². The molecule has 1 fully saturated rings. The fourth-order valence-corrected chi connectivity index (χ4v) is 1.29. The minimum Gasteiger partial charge on any atom is -0.490 e. The van der Waals surface area contributed by atoms with Gasteiger partial charge < -0.3 is 4.74 Å². The van der Waals surface area contributed by atoms with Crippen molar-refractivity contribution < 1.29 is 4.74 Å². The second-order valence-corrected chi connectivity index (χ2v) is 2.83. The second-order valence-electron chi connectivity index (χ2n) is 2.83. The Morgan fingerprint density at radius 3 is 2.58 bits per heavy atom. The van der Waals surface area contributed by atoms with Gasteiger partial charge in [0.05, 0.1) is 0 Å². The molecule has 0 N–H and O–H groups in total. The van der Waals surface area contributed by atoms with Gasteiger partial charge in [0.1, 0.15) is 11.9 Å². The van der Waals surface area contributed by atoms with Crippen LogP contribution in [-0.4, -0.2) is 6.10 Å². The Bertz CT molecular complexity index is 220. The first-order valence-corrected chi connectivity index (χ1v) is 4.09. The molecule has 1 unspecified atom stereocenters. The van der Waals surface area contributed by atoms with Crippen LogP contribution in [0.3, 0.4) is 0 Å². The first-order chi connectivity index (χ1) is 5.77. The minimum absolute atomic E-state index is 0.280. The maximum atomic E-state index is 5.54. The van der Waals surface area contributed by atoms with Gasteiger partial charge in [-0.3, -0.25) is 0 Å². The molecule has 1 nitrogen and oxygen atoms in total. The smallest absolute Gasteiger partial charge is 0.123 e. The van der Waals surface area contributed by atoms with Gasteiger partial charge in [0.2, 0.25) is 0 Å². The van der Waals surface area contributed by atoms with E-state index in [1.54, 1.807) is 12.2 Å². The Hall–Kier alpha value is -1.24. The van der Waals surface area contributed by atoms with E-state index < -0.39 is 0 Å². The Kier molecular flexibility index (Phi) is 2.92. The summed E-state index contributed by atoms with van der Waals surface area (Å²) in [7, 11) is 0. The monoisotopic (exact) mass is 162 g/mol. The van der Waals surface area contributed by atoms with E-state index in [2.05, 4.69) is 20.1 Å². The molecule has 1 saturated heterocycles. The summed E-state index contributed by atoms with van der Waals surface area (Å²) < 4.78 is 5.54. The lowest BCUT2D eigenvalue weighted by Gasteiger charge is -2.00. The Balaban J connectivity index is 2.86. The SMILES string of the molecule is C=C/C=C1/CC(C)O/C1=C/C=C. The van der Waals surface area contributed by atoms with Gasteiger partial charge in [0.15, 0.2) is 0 Å². The largest absolute Gasteiger partial charge is 0.490 e. The van der Waals surface area contributed by atoms with Crippen LogP contribution in [0.2, 0.25) is 0 Å². The van der Waals surface area contributed by atoms with Crippen LogP contribution < -0.4 is 0 Å². The summed E-state index contributed by atoms with van der Waals surface area (Å²) in [6.07, 6.45) is 8.64. The molecule has 0 radical (unpaired) electrons. The summed E-state index contributed by atoms with van der Waals surface area (Å²) >= 11 is 0. The van der Waals surface area contributed by atoms with Crippen LogP contribution >= 0.6 is 0 Å². The van der Waals surface area contributed by atoms with Gasteiger partial charge in [0, 0.05) is 6.42 Å². The topological polar surface area (TPSA) is 9.23 Å². The summed E-state index contributed by atoms with van der Waals surface area (Å²) in [5.41, 5.74) is 1.21. The van der Waals surface area contributed by atoms with E-state index in [1.165, 1.54) is 5.57 Å². The predicted octanol–water partition coefficient (Wildman–Crippen LogP) is 2.98. The number of ether oxygens (including phenoxy) is 1. The lowest BCUT2D eigenvalue weighted by Crippen LogP contribution is -1.94. The van der Waals surface area contributed by atoms with E-state index >= 15 is 0 Å². The van der Waals surface area contributed by atoms with Crippen molar-refractivity contribution in [3.63, 3.8) is 0 Å². The van der Waals surface area contributed by atoms with Crippen molar-refractivity contribution >= 4 is 0 Å². The average molecular weight is 162 g/mol. The average Bonchev–Trinajstić information content (AvgIpc) is 2.33. The van der Waals surface area contributed by atoms with E-state index in [-0.39, 0.29) is 6.10 Å². The third-order valence-electron chi connectivity index (χ3n) is 1.74. The van der Waals surface area contributed by atoms with Gasteiger partial charge in [-0.15, -0.1) is 0 Å². The van der Waals surface area contributed by atoms with E-state index in [1.807, 2.05) is 12.2 Å². The van der Waals surface area contributed by atoms with E-state index in [0.717, 1.165) is 12.2 Å². The van der Waals surface area contributed by atoms with Gasteiger partial charge in [-0.05, 0) is 18.6 Å². The van der Waals surface area contributed by atoms with Crippen molar-refractivity contribution in [2.75, 3.05) is 0 Å². The first kappa shape index (κ1) is 8.85. The molecule has 0 aromatic carbocycles. The molecular weight excluding hydrogens is 148 g/mol. The molecule has 0 spiro atoms. The van der Waals surface area contributed by atoms with E-state index in [4.69, 9.17) is 4.74 Å². The van der Waals surface area contributed by atoms with Crippen LogP contribution in [0, 0.1) is 0 Å². The number of rotatable bonds is 2. The van der Waals surface area contributed by atoms with Crippen molar-refractivity contribution in [2.45, 2.75) is 19.4 Å². The van der Waals surface area contributed by atoms with Crippen molar-refractivity contribution in [2.24, 2.45) is 0 Å². The van der Waals surface area contributed by atoms with E-state index in [9.17, 15) is 0 Å². The first-order valence-electron chi connectivity index (χ1n) is 4.09. The maximum Gasteiger partial charge on any atom is 0.123 e. The van der Waals surface area contributed by atoms with Crippen LogP contribution in [0.4, 0.5) is 0 Å². The van der Waals surface area contributed by atoms with Crippen molar-refractivity contribution in [1.29, 1.82) is 0 Å². The Labute approximate surface area is 73.7 Å². The molecule has 0 saturated carbocycles. The van der Waals surface area contributed by atoms with Crippen molar-refractivity contribution in [3.05, 3.63) is 48.8 Å². The van der Waals surface area contributed by atoms with Crippen molar-refractivity contribution in [1.82, 2.24) is 0 Å². The molecule has 64 valence electrons. The highest BCUT2D eigenvalue weighted by Crippen LogP contribution is 2.28. The summed E-state index contributed by atoms with van der Waals surface area (Å²) in [4.78, 5) is 0. The maximum absolute atomic E-state index is 5.54. The Morgan fingerprint density at radius 2 is 2.00 bits per heavy atom. The molecule has 0 bridgehead atoms. The summed E-state index contributed by atoms with van der Waals surface area (Å²) in [5.74, 6) is 0.928. The lowest BCUT2D eigenvalue weighted by molar-refractivity contribution is 0.178. The second kappa shape index (κ2) is 3.96. The van der Waals surface area contributed by atoms with Gasteiger partial charge in [0.25, 0.3) is 0 Å². The highest BCUT2D eigenvalue weighted by molar-refractivity contribution is 5.34. The fraction of sp³-hybridized carbons (Fsp3) is 0.273. The minimum atomic E-state index is 0.280. The molecule has 1 rings (SSSR count). The highest BCUT2D eigenvalue weighted by atomic mass is 16.5. The summed E-state index contributed by atoms with van der Waals surface area (Å²) in [6.45, 7) is 9.35. The molecule has 12 heavy (non-hydrogen) atoms. The molecule has 1 aliphatic rings. The molecule has 1 heterocycles. The van der Waals surface area contributed by atoms with Gasteiger partial charge >= 0.3 is 0 Å².